The molecule has 0 aliphatic carbocycles. The van der Waals surface area contributed by atoms with Crippen LogP contribution in [0, 0.1) is 0 Å². The number of carbonyl (C=O) groups is 1. The number of amides is 1. The molecule has 18 heavy (non-hydrogen) atoms. The summed E-state index contributed by atoms with van der Waals surface area (Å²) in [6, 6.07) is 0.867. The summed E-state index contributed by atoms with van der Waals surface area (Å²) < 4.78 is 0. The van der Waals surface area contributed by atoms with Gasteiger partial charge in [-0.25, -0.2) is 0 Å². The second-order valence-electron chi connectivity index (χ2n) is 5.47. The SMILES string of the molecule is CCCCCC(C)NC(=O)CN1CCC(NC)C1. The second kappa shape index (κ2) is 8.48. The zero-order valence-corrected chi connectivity index (χ0v) is 12.2. The van der Waals surface area contributed by atoms with Gasteiger partial charge in [0.05, 0.1) is 6.54 Å². The van der Waals surface area contributed by atoms with Crippen LogP contribution in [-0.4, -0.2) is 49.6 Å². The van der Waals surface area contributed by atoms with Gasteiger partial charge in [0, 0.05) is 25.2 Å². The lowest BCUT2D eigenvalue weighted by molar-refractivity contribution is -0.122. The Kier molecular flexibility index (Phi) is 7.28. The summed E-state index contributed by atoms with van der Waals surface area (Å²) in [5.74, 6) is 0.177. The third-order valence-electron chi connectivity index (χ3n) is 3.70. The van der Waals surface area contributed by atoms with Crippen molar-refractivity contribution in [1.29, 1.82) is 0 Å². The summed E-state index contributed by atoms with van der Waals surface area (Å²) in [6.45, 7) is 6.89. The minimum Gasteiger partial charge on any atom is -0.353 e. The van der Waals surface area contributed by atoms with E-state index in [4.69, 9.17) is 0 Å². The number of carbonyl (C=O) groups excluding carboxylic acids is 1. The highest BCUT2D eigenvalue weighted by Crippen LogP contribution is 2.08. The summed E-state index contributed by atoms with van der Waals surface area (Å²) >= 11 is 0. The van der Waals surface area contributed by atoms with Gasteiger partial charge in [-0.2, -0.15) is 0 Å². The Labute approximate surface area is 111 Å². The van der Waals surface area contributed by atoms with Crippen molar-refractivity contribution in [2.24, 2.45) is 0 Å². The van der Waals surface area contributed by atoms with Crippen LogP contribution in [0.15, 0.2) is 0 Å². The average molecular weight is 255 g/mol. The fraction of sp³-hybridized carbons (Fsp3) is 0.929. The fourth-order valence-corrected chi connectivity index (χ4v) is 2.51. The summed E-state index contributed by atoms with van der Waals surface area (Å²) in [5, 5.41) is 6.37. The number of unbranched alkanes of at least 4 members (excludes halogenated alkanes) is 2. The highest BCUT2D eigenvalue weighted by molar-refractivity contribution is 5.78. The topological polar surface area (TPSA) is 44.4 Å². The molecule has 106 valence electrons. The maximum Gasteiger partial charge on any atom is 0.234 e. The monoisotopic (exact) mass is 255 g/mol. The third-order valence-corrected chi connectivity index (χ3v) is 3.70. The number of hydrogen-bond acceptors (Lipinski definition) is 3. The van der Waals surface area contributed by atoms with E-state index in [1.54, 1.807) is 0 Å². The van der Waals surface area contributed by atoms with Crippen LogP contribution in [0.2, 0.25) is 0 Å². The molecule has 2 unspecified atom stereocenters. The van der Waals surface area contributed by atoms with Gasteiger partial charge in [-0.1, -0.05) is 26.2 Å². The van der Waals surface area contributed by atoms with Crippen molar-refractivity contribution < 1.29 is 4.79 Å². The average Bonchev–Trinajstić information content (AvgIpc) is 2.76. The largest absolute Gasteiger partial charge is 0.353 e. The Bertz CT molecular complexity index is 245. The fourth-order valence-electron chi connectivity index (χ4n) is 2.51. The number of likely N-dealkylation sites (tertiary alicyclic amines) is 1. The van der Waals surface area contributed by atoms with Crippen molar-refractivity contribution in [3.8, 4) is 0 Å². The number of hydrogen-bond donors (Lipinski definition) is 2. The lowest BCUT2D eigenvalue weighted by atomic mass is 10.1. The van der Waals surface area contributed by atoms with Crippen LogP contribution in [0.25, 0.3) is 0 Å². The molecule has 4 heteroatoms. The van der Waals surface area contributed by atoms with Crippen molar-refractivity contribution in [3.05, 3.63) is 0 Å². The molecule has 2 atom stereocenters. The van der Waals surface area contributed by atoms with E-state index in [9.17, 15) is 4.79 Å². The molecule has 1 aliphatic rings. The lowest BCUT2D eigenvalue weighted by Crippen LogP contribution is -2.41. The van der Waals surface area contributed by atoms with Crippen LogP contribution < -0.4 is 10.6 Å². The van der Waals surface area contributed by atoms with Gasteiger partial charge in [0.15, 0.2) is 0 Å². The van der Waals surface area contributed by atoms with Crippen LogP contribution in [0.1, 0.15) is 46.0 Å². The molecular formula is C14H29N3O. The van der Waals surface area contributed by atoms with Crippen LogP contribution in [0.3, 0.4) is 0 Å². The summed E-state index contributed by atoms with van der Waals surface area (Å²) in [7, 11) is 1.99. The van der Waals surface area contributed by atoms with Gasteiger partial charge in [-0.05, 0) is 26.8 Å². The molecule has 0 aromatic carbocycles. The Morgan fingerprint density at radius 1 is 1.44 bits per heavy atom. The zero-order valence-electron chi connectivity index (χ0n) is 12.2. The standard InChI is InChI=1S/C14H29N3O/c1-4-5-6-7-12(2)16-14(18)11-17-9-8-13(10-17)15-3/h12-13,15H,4-11H2,1-3H3,(H,16,18). The smallest absolute Gasteiger partial charge is 0.234 e. The van der Waals surface area contributed by atoms with Gasteiger partial charge in [0.25, 0.3) is 0 Å². The van der Waals surface area contributed by atoms with Gasteiger partial charge >= 0.3 is 0 Å². The first kappa shape index (κ1) is 15.4. The van der Waals surface area contributed by atoms with E-state index in [0.717, 1.165) is 25.9 Å². The van der Waals surface area contributed by atoms with Gasteiger partial charge < -0.3 is 10.6 Å². The van der Waals surface area contributed by atoms with Gasteiger partial charge in [-0.3, -0.25) is 9.69 Å². The quantitative estimate of drug-likeness (QED) is 0.644. The molecule has 1 heterocycles. The van der Waals surface area contributed by atoms with E-state index in [1.807, 2.05) is 7.05 Å². The maximum atomic E-state index is 11.9. The number of rotatable bonds is 8. The number of nitrogens with zero attached hydrogens (tertiary/aromatic N) is 1. The van der Waals surface area contributed by atoms with Crippen molar-refractivity contribution in [1.82, 2.24) is 15.5 Å². The van der Waals surface area contributed by atoms with Crippen molar-refractivity contribution in [3.63, 3.8) is 0 Å². The molecule has 0 spiro atoms. The van der Waals surface area contributed by atoms with Crippen LogP contribution in [0.5, 0.6) is 0 Å². The van der Waals surface area contributed by atoms with E-state index in [2.05, 4.69) is 29.4 Å². The van der Waals surface area contributed by atoms with Gasteiger partial charge in [0.2, 0.25) is 5.91 Å². The summed E-state index contributed by atoms with van der Waals surface area (Å²) in [5.41, 5.74) is 0. The molecule has 0 bridgehead atoms. The van der Waals surface area contributed by atoms with Crippen molar-refractivity contribution in [2.45, 2.75) is 58.0 Å². The van der Waals surface area contributed by atoms with E-state index in [0.29, 0.717) is 18.6 Å². The normalized spacial score (nSPS) is 22.1. The predicted octanol–water partition coefficient (Wildman–Crippen LogP) is 1.37. The summed E-state index contributed by atoms with van der Waals surface area (Å²) in [6.07, 6.45) is 5.95. The molecule has 0 aromatic heterocycles. The van der Waals surface area contributed by atoms with Gasteiger partial charge in [-0.15, -0.1) is 0 Å². The highest BCUT2D eigenvalue weighted by atomic mass is 16.2. The molecule has 1 amide bonds. The first-order valence-electron chi connectivity index (χ1n) is 7.34. The number of likely N-dealkylation sites (N-methyl/N-ethyl adjacent to an activating group) is 1. The third kappa shape index (κ3) is 5.83. The van der Waals surface area contributed by atoms with Crippen LogP contribution >= 0.6 is 0 Å². The molecule has 4 nitrogen and oxygen atoms in total. The molecule has 1 fully saturated rings. The maximum absolute atomic E-state index is 11.9. The second-order valence-corrected chi connectivity index (χ2v) is 5.47. The Hall–Kier alpha value is -0.610. The first-order chi connectivity index (χ1) is 8.65. The van der Waals surface area contributed by atoms with E-state index >= 15 is 0 Å². The molecule has 0 radical (unpaired) electrons. The minimum atomic E-state index is 0.177. The molecule has 0 saturated carbocycles. The molecule has 1 rings (SSSR count). The summed E-state index contributed by atoms with van der Waals surface area (Å²) in [4.78, 5) is 14.1. The number of nitrogens with one attached hydrogen (secondary N) is 2. The molecule has 0 aromatic rings. The minimum absolute atomic E-state index is 0.177. The molecule has 2 N–H and O–H groups in total. The lowest BCUT2D eigenvalue weighted by Gasteiger charge is -2.18. The van der Waals surface area contributed by atoms with Crippen LogP contribution in [-0.2, 0) is 4.79 Å². The zero-order chi connectivity index (χ0) is 13.4. The van der Waals surface area contributed by atoms with E-state index in [-0.39, 0.29) is 5.91 Å². The molecule has 1 aliphatic heterocycles. The van der Waals surface area contributed by atoms with Crippen molar-refractivity contribution >= 4 is 5.91 Å². The van der Waals surface area contributed by atoms with Gasteiger partial charge in [0.1, 0.15) is 0 Å². The Morgan fingerprint density at radius 3 is 2.83 bits per heavy atom. The predicted molar refractivity (Wildman–Crippen MR) is 75.7 cm³/mol. The Balaban J connectivity index is 2.13. The van der Waals surface area contributed by atoms with Crippen LogP contribution in [0.4, 0.5) is 0 Å². The first-order valence-corrected chi connectivity index (χ1v) is 7.34. The van der Waals surface area contributed by atoms with E-state index < -0.39 is 0 Å². The Morgan fingerprint density at radius 2 is 2.22 bits per heavy atom. The van der Waals surface area contributed by atoms with E-state index in [1.165, 1.54) is 19.3 Å². The molecule has 1 saturated heterocycles. The highest BCUT2D eigenvalue weighted by Gasteiger charge is 2.22. The van der Waals surface area contributed by atoms with Crippen molar-refractivity contribution in [2.75, 3.05) is 26.7 Å². The molecular weight excluding hydrogens is 226 g/mol.